The van der Waals surface area contributed by atoms with Gasteiger partial charge in [-0.25, -0.2) is 9.64 Å². The molecule has 3 atom stereocenters. The van der Waals surface area contributed by atoms with Crippen LogP contribution in [0.15, 0.2) is 24.3 Å². The molecule has 1 fully saturated rings. The van der Waals surface area contributed by atoms with Crippen molar-refractivity contribution in [3.05, 3.63) is 41.2 Å². The molecule has 0 heterocycles. The first-order valence-electron chi connectivity index (χ1n) is 7.69. The van der Waals surface area contributed by atoms with Gasteiger partial charge in [-0.15, -0.1) is 0 Å². The van der Waals surface area contributed by atoms with Crippen molar-refractivity contribution < 1.29 is 9.53 Å². The van der Waals surface area contributed by atoms with E-state index in [2.05, 4.69) is 25.6 Å². The summed E-state index contributed by atoms with van der Waals surface area (Å²) >= 11 is 0. The van der Waals surface area contributed by atoms with Crippen LogP contribution in [0.4, 0.5) is 5.69 Å². The second-order valence-electron chi connectivity index (χ2n) is 6.43. The molecule has 0 aliphatic heterocycles. The molecular weight excluding hydrogens is 262 g/mol. The lowest BCUT2D eigenvalue weighted by Crippen LogP contribution is -2.35. The summed E-state index contributed by atoms with van der Waals surface area (Å²) in [5.74, 6) is 1.33. The third-order valence-corrected chi connectivity index (χ3v) is 4.45. The van der Waals surface area contributed by atoms with Crippen molar-refractivity contribution in [3.63, 3.8) is 0 Å². The fourth-order valence-electron chi connectivity index (χ4n) is 3.13. The van der Waals surface area contributed by atoms with Gasteiger partial charge in [-0.3, -0.25) is 0 Å². The molecule has 0 spiro atoms. The van der Waals surface area contributed by atoms with Crippen molar-refractivity contribution >= 4 is 11.7 Å². The Kier molecular flexibility index (Phi) is 5.01. The van der Waals surface area contributed by atoms with E-state index in [1.165, 1.54) is 6.42 Å². The van der Waals surface area contributed by atoms with E-state index >= 15 is 0 Å². The number of ether oxygens (including phenoxy) is 1. The van der Waals surface area contributed by atoms with Crippen LogP contribution in [0.1, 0.15) is 50.4 Å². The molecule has 0 N–H and O–H groups in total. The normalized spacial score (nSPS) is 25.4. The largest absolute Gasteiger partial charge is 0.458 e. The van der Waals surface area contributed by atoms with Crippen LogP contribution in [-0.4, -0.2) is 12.1 Å². The molecule has 1 aliphatic carbocycles. The highest BCUT2D eigenvalue weighted by atomic mass is 16.5. The SMILES string of the molecule is [C-]#[N+]c1ccc(C(=O)O[C@@H]2C[C@H](C)CC[C@H]2C(C)C)cc1. The maximum Gasteiger partial charge on any atom is 0.338 e. The zero-order valence-corrected chi connectivity index (χ0v) is 13.0. The van der Waals surface area contributed by atoms with Crippen LogP contribution < -0.4 is 0 Å². The summed E-state index contributed by atoms with van der Waals surface area (Å²) in [5, 5.41) is 0. The Hall–Kier alpha value is -1.82. The zero-order valence-electron chi connectivity index (χ0n) is 13.0. The van der Waals surface area contributed by atoms with Gasteiger partial charge in [0.1, 0.15) is 6.10 Å². The molecule has 2 rings (SSSR count). The van der Waals surface area contributed by atoms with E-state index in [0.29, 0.717) is 29.0 Å². The monoisotopic (exact) mass is 285 g/mol. The molecule has 3 nitrogen and oxygen atoms in total. The summed E-state index contributed by atoms with van der Waals surface area (Å²) in [4.78, 5) is 15.6. The van der Waals surface area contributed by atoms with Gasteiger partial charge in [-0.2, -0.15) is 0 Å². The number of esters is 1. The Morgan fingerprint density at radius 2 is 1.95 bits per heavy atom. The summed E-state index contributed by atoms with van der Waals surface area (Å²) in [5.41, 5.74) is 1.07. The molecule has 0 saturated heterocycles. The van der Waals surface area contributed by atoms with E-state index in [1.54, 1.807) is 24.3 Å². The Balaban J connectivity index is 2.07. The van der Waals surface area contributed by atoms with Gasteiger partial charge >= 0.3 is 5.97 Å². The van der Waals surface area contributed by atoms with E-state index in [9.17, 15) is 4.79 Å². The van der Waals surface area contributed by atoms with Crippen molar-refractivity contribution in [2.24, 2.45) is 17.8 Å². The molecule has 1 aromatic rings. The fourth-order valence-corrected chi connectivity index (χ4v) is 3.13. The second-order valence-corrected chi connectivity index (χ2v) is 6.43. The maximum atomic E-state index is 12.3. The Morgan fingerprint density at radius 3 is 2.52 bits per heavy atom. The van der Waals surface area contributed by atoms with Crippen molar-refractivity contribution in [1.82, 2.24) is 0 Å². The fraction of sp³-hybridized carbons (Fsp3) is 0.556. The Morgan fingerprint density at radius 1 is 1.29 bits per heavy atom. The molecule has 3 heteroatoms. The van der Waals surface area contributed by atoms with Crippen molar-refractivity contribution in [2.45, 2.75) is 46.1 Å². The van der Waals surface area contributed by atoms with Crippen LogP contribution in [0.25, 0.3) is 4.85 Å². The van der Waals surface area contributed by atoms with Crippen LogP contribution in [0.2, 0.25) is 0 Å². The van der Waals surface area contributed by atoms with Crippen molar-refractivity contribution in [2.75, 3.05) is 0 Å². The number of benzene rings is 1. The summed E-state index contributed by atoms with van der Waals surface area (Å²) in [6, 6.07) is 6.67. The van der Waals surface area contributed by atoms with Gasteiger partial charge in [0.15, 0.2) is 5.69 Å². The molecule has 0 amide bonds. The number of rotatable bonds is 3. The van der Waals surface area contributed by atoms with Crippen LogP contribution in [0, 0.1) is 24.3 Å². The molecule has 0 aromatic heterocycles. The molecule has 0 unspecified atom stereocenters. The zero-order chi connectivity index (χ0) is 15.4. The van der Waals surface area contributed by atoms with E-state index in [1.807, 2.05) is 0 Å². The molecule has 1 aliphatic rings. The van der Waals surface area contributed by atoms with Gasteiger partial charge < -0.3 is 4.74 Å². The highest BCUT2D eigenvalue weighted by Gasteiger charge is 2.33. The summed E-state index contributed by atoms with van der Waals surface area (Å²) < 4.78 is 5.78. The molecule has 1 saturated carbocycles. The van der Waals surface area contributed by atoms with Crippen LogP contribution in [0.5, 0.6) is 0 Å². The first-order chi connectivity index (χ1) is 10.0. The lowest BCUT2D eigenvalue weighted by molar-refractivity contribution is -0.0174. The van der Waals surface area contributed by atoms with Gasteiger partial charge in [-0.05, 0) is 30.6 Å². The smallest absolute Gasteiger partial charge is 0.338 e. The van der Waals surface area contributed by atoms with Gasteiger partial charge in [0.2, 0.25) is 0 Å². The third kappa shape index (κ3) is 3.85. The minimum atomic E-state index is -0.267. The Bertz CT molecular complexity index is 527. The molecule has 21 heavy (non-hydrogen) atoms. The quantitative estimate of drug-likeness (QED) is 0.587. The average Bonchev–Trinajstić information content (AvgIpc) is 2.47. The molecule has 112 valence electrons. The van der Waals surface area contributed by atoms with Crippen molar-refractivity contribution in [3.8, 4) is 0 Å². The molecule has 1 aromatic carbocycles. The van der Waals surface area contributed by atoms with Gasteiger partial charge in [0.25, 0.3) is 0 Å². The highest BCUT2D eigenvalue weighted by molar-refractivity contribution is 5.90. The predicted octanol–water partition coefficient (Wildman–Crippen LogP) is 4.85. The molecule has 0 radical (unpaired) electrons. The van der Waals surface area contributed by atoms with E-state index in [4.69, 9.17) is 11.3 Å². The molecular formula is C18H23NO2. The average molecular weight is 285 g/mol. The number of carbonyl (C=O) groups excluding carboxylic acids is 1. The van der Waals surface area contributed by atoms with Crippen LogP contribution in [-0.2, 0) is 4.74 Å². The third-order valence-electron chi connectivity index (χ3n) is 4.45. The number of carbonyl (C=O) groups is 1. The minimum Gasteiger partial charge on any atom is -0.458 e. The summed E-state index contributed by atoms with van der Waals surface area (Å²) in [6.07, 6.45) is 3.32. The summed E-state index contributed by atoms with van der Waals surface area (Å²) in [7, 11) is 0. The number of hydrogen-bond donors (Lipinski definition) is 0. The van der Waals surface area contributed by atoms with Crippen molar-refractivity contribution in [1.29, 1.82) is 0 Å². The number of hydrogen-bond acceptors (Lipinski definition) is 2. The number of nitrogens with zero attached hydrogens (tertiary/aromatic N) is 1. The first kappa shape index (κ1) is 15.6. The lowest BCUT2D eigenvalue weighted by Gasteiger charge is -2.36. The minimum absolute atomic E-state index is 0.0155. The van der Waals surface area contributed by atoms with Gasteiger partial charge in [0, 0.05) is 0 Å². The van der Waals surface area contributed by atoms with Crippen LogP contribution in [0.3, 0.4) is 0 Å². The standard InChI is InChI=1S/C18H23NO2/c1-12(2)16-10-5-13(3)11-17(16)21-18(20)14-6-8-15(19-4)9-7-14/h6-9,12-13,16-17H,5,10-11H2,1-3H3/t13-,16+,17-/m1/s1. The summed E-state index contributed by atoms with van der Waals surface area (Å²) in [6.45, 7) is 13.6. The maximum absolute atomic E-state index is 12.3. The first-order valence-corrected chi connectivity index (χ1v) is 7.69. The van der Waals surface area contributed by atoms with Gasteiger partial charge in [0.05, 0.1) is 12.1 Å². The van der Waals surface area contributed by atoms with Gasteiger partial charge in [-0.1, -0.05) is 51.5 Å². The highest BCUT2D eigenvalue weighted by Crippen LogP contribution is 2.35. The van der Waals surface area contributed by atoms with E-state index in [-0.39, 0.29) is 12.1 Å². The molecule has 0 bridgehead atoms. The topological polar surface area (TPSA) is 30.7 Å². The van der Waals surface area contributed by atoms with E-state index in [0.717, 1.165) is 12.8 Å². The predicted molar refractivity (Wildman–Crippen MR) is 83.3 cm³/mol. The van der Waals surface area contributed by atoms with E-state index < -0.39 is 0 Å². The Labute approximate surface area is 127 Å². The second kappa shape index (κ2) is 6.76. The lowest BCUT2D eigenvalue weighted by atomic mass is 9.75. The van der Waals surface area contributed by atoms with Crippen LogP contribution >= 0.6 is 0 Å².